The van der Waals surface area contributed by atoms with E-state index in [9.17, 15) is 19.7 Å². The minimum Gasteiger partial charge on any atom is -0.350 e. The molecule has 1 N–H and O–H groups in total. The molecule has 0 unspecified atom stereocenters. The molecule has 140 valence electrons. The van der Waals surface area contributed by atoms with Gasteiger partial charge in [-0.25, -0.2) is 0 Å². The average molecular weight is 379 g/mol. The molecular weight excluding hydrogens is 358 g/mol. The molecule has 10 heteroatoms. The van der Waals surface area contributed by atoms with Crippen molar-refractivity contribution in [3.05, 3.63) is 43.9 Å². The molecule has 2 heterocycles. The van der Waals surface area contributed by atoms with Crippen molar-refractivity contribution < 1.29 is 14.5 Å². The first-order valence-corrected chi connectivity index (χ1v) is 8.96. The lowest BCUT2D eigenvalue weighted by Crippen LogP contribution is -2.42. The molecule has 0 fully saturated rings. The predicted octanol–water partition coefficient (Wildman–Crippen LogP) is 1.63. The lowest BCUT2D eigenvalue weighted by Gasteiger charge is -2.20. The van der Waals surface area contributed by atoms with E-state index in [0.29, 0.717) is 18.8 Å². The zero-order valence-electron chi connectivity index (χ0n) is 14.9. The molecule has 0 aliphatic rings. The second kappa shape index (κ2) is 8.56. The van der Waals surface area contributed by atoms with Crippen LogP contribution in [0, 0.1) is 24.0 Å². The van der Waals surface area contributed by atoms with Gasteiger partial charge in [0, 0.05) is 11.4 Å². The molecule has 2 amide bonds. The van der Waals surface area contributed by atoms with Crippen molar-refractivity contribution in [3.63, 3.8) is 0 Å². The van der Waals surface area contributed by atoms with Crippen molar-refractivity contribution in [3.8, 4) is 0 Å². The van der Waals surface area contributed by atoms with Crippen LogP contribution in [0.25, 0.3) is 0 Å². The third-order valence-electron chi connectivity index (χ3n) is 3.92. The highest BCUT2D eigenvalue weighted by Gasteiger charge is 2.24. The van der Waals surface area contributed by atoms with Crippen LogP contribution in [-0.2, 0) is 22.7 Å². The summed E-state index contributed by atoms with van der Waals surface area (Å²) in [5.74, 6) is -0.577. The Balaban J connectivity index is 1.97. The first-order chi connectivity index (χ1) is 12.3. The number of hydrogen-bond donors (Lipinski definition) is 1. The summed E-state index contributed by atoms with van der Waals surface area (Å²) in [4.78, 5) is 37.5. The number of amides is 2. The molecule has 0 saturated heterocycles. The number of likely N-dealkylation sites (N-methyl/N-ethyl adjacent to an activating group) is 1. The van der Waals surface area contributed by atoms with Gasteiger partial charge in [-0.2, -0.15) is 5.10 Å². The SMILES string of the molecule is CCN(CC(=O)NCc1cccs1)C(=O)Cn1nc(C)c([N+](=O)[O-])c1C. The average Bonchev–Trinajstić information content (AvgIpc) is 3.18. The molecular formula is C16H21N5O4S. The summed E-state index contributed by atoms with van der Waals surface area (Å²) in [6.07, 6.45) is 0. The third-order valence-corrected chi connectivity index (χ3v) is 4.80. The molecule has 26 heavy (non-hydrogen) atoms. The second-order valence-electron chi connectivity index (χ2n) is 5.70. The number of rotatable bonds is 8. The second-order valence-corrected chi connectivity index (χ2v) is 6.73. The molecule has 0 atom stereocenters. The van der Waals surface area contributed by atoms with Crippen LogP contribution in [0.3, 0.4) is 0 Å². The summed E-state index contributed by atoms with van der Waals surface area (Å²) in [7, 11) is 0. The van der Waals surface area contributed by atoms with Gasteiger partial charge in [-0.1, -0.05) is 6.07 Å². The van der Waals surface area contributed by atoms with E-state index in [-0.39, 0.29) is 36.3 Å². The van der Waals surface area contributed by atoms with Crippen LogP contribution >= 0.6 is 11.3 Å². The summed E-state index contributed by atoms with van der Waals surface area (Å²) >= 11 is 1.54. The third kappa shape index (κ3) is 4.66. The standard InChI is InChI=1S/C16H21N5O4S/c1-4-19(9-14(22)17-8-13-6-5-7-26-13)15(23)10-20-12(3)16(21(24)25)11(2)18-20/h5-7H,4,8-10H2,1-3H3,(H,17,22). The van der Waals surface area contributed by atoms with Gasteiger partial charge >= 0.3 is 5.69 Å². The van der Waals surface area contributed by atoms with Crippen LogP contribution in [0.15, 0.2) is 17.5 Å². The molecule has 0 aliphatic heterocycles. The normalized spacial score (nSPS) is 10.6. The van der Waals surface area contributed by atoms with E-state index in [4.69, 9.17) is 0 Å². The minimum absolute atomic E-state index is 0.0674. The van der Waals surface area contributed by atoms with Gasteiger partial charge in [-0.15, -0.1) is 11.3 Å². The highest BCUT2D eigenvalue weighted by atomic mass is 32.1. The predicted molar refractivity (Wildman–Crippen MR) is 96.8 cm³/mol. The van der Waals surface area contributed by atoms with E-state index in [1.165, 1.54) is 16.5 Å². The van der Waals surface area contributed by atoms with Crippen LogP contribution in [-0.4, -0.2) is 44.5 Å². The maximum atomic E-state index is 12.5. The molecule has 0 aliphatic carbocycles. The Hall–Kier alpha value is -2.75. The Kier molecular flexibility index (Phi) is 6.45. The quantitative estimate of drug-likeness (QED) is 0.554. The molecule has 0 aromatic carbocycles. The number of carbonyl (C=O) groups excluding carboxylic acids is 2. The van der Waals surface area contributed by atoms with Gasteiger partial charge in [0.2, 0.25) is 11.8 Å². The lowest BCUT2D eigenvalue weighted by molar-refractivity contribution is -0.386. The van der Waals surface area contributed by atoms with Gasteiger partial charge in [-0.05, 0) is 32.2 Å². The van der Waals surface area contributed by atoms with E-state index in [1.807, 2.05) is 17.5 Å². The molecule has 0 radical (unpaired) electrons. The van der Waals surface area contributed by atoms with Crippen molar-refractivity contribution >= 4 is 28.8 Å². The molecule has 2 aromatic rings. The first kappa shape index (κ1) is 19.6. The maximum Gasteiger partial charge on any atom is 0.312 e. The Bertz CT molecular complexity index is 800. The minimum atomic E-state index is -0.506. The van der Waals surface area contributed by atoms with Gasteiger partial charge in [0.05, 0.1) is 18.0 Å². The van der Waals surface area contributed by atoms with E-state index >= 15 is 0 Å². The van der Waals surface area contributed by atoms with Gasteiger partial charge in [0.15, 0.2) is 0 Å². The summed E-state index contributed by atoms with van der Waals surface area (Å²) in [5.41, 5.74) is 0.491. The van der Waals surface area contributed by atoms with Gasteiger partial charge in [0.1, 0.15) is 17.9 Å². The molecule has 9 nitrogen and oxygen atoms in total. The van der Waals surface area contributed by atoms with Gasteiger partial charge < -0.3 is 10.2 Å². The van der Waals surface area contributed by atoms with Crippen LogP contribution in [0.1, 0.15) is 23.2 Å². The molecule has 2 rings (SSSR count). The topological polar surface area (TPSA) is 110 Å². The summed E-state index contributed by atoms with van der Waals surface area (Å²) in [6, 6.07) is 3.82. The Morgan fingerprint density at radius 3 is 2.69 bits per heavy atom. The highest BCUT2D eigenvalue weighted by molar-refractivity contribution is 7.09. The van der Waals surface area contributed by atoms with Crippen molar-refractivity contribution in [2.75, 3.05) is 13.1 Å². The van der Waals surface area contributed by atoms with Crippen LogP contribution < -0.4 is 5.32 Å². The zero-order chi connectivity index (χ0) is 19.3. The maximum absolute atomic E-state index is 12.5. The smallest absolute Gasteiger partial charge is 0.312 e. The molecule has 2 aromatic heterocycles. The number of thiophene rings is 1. The number of aromatic nitrogens is 2. The van der Waals surface area contributed by atoms with Crippen molar-refractivity contribution in [1.82, 2.24) is 20.0 Å². The Morgan fingerprint density at radius 2 is 2.15 bits per heavy atom. The summed E-state index contributed by atoms with van der Waals surface area (Å²) in [6.45, 7) is 5.42. The lowest BCUT2D eigenvalue weighted by atomic mass is 10.3. The molecule has 0 spiro atoms. The van der Waals surface area contributed by atoms with Crippen molar-refractivity contribution in [1.29, 1.82) is 0 Å². The number of nitrogens with zero attached hydrogens (tertiary/aromatic N) is 4. The van der Waals surface area contributed by atoms with E-state index in [2.05, 4.69) is 10.4 Å². The van der Waals surface area contributed by atoms with Crippen LogP contribution in [0.4, 0.5) is 5.69 Å². The monoisotopic (exact) mass is 379 g/mol. The van der Waals surface area contributed by atoms with Crippen molar-refractivity contribution in [2.24, 2.45) is 0 Å². The zero-order valence-corrected chi connectivity index (χ0v) is 15.7. The van der Waals surface area contributed by atoms with Crippen molar-refractivity contribution in [2.45, 2.75) is 33.9 Å². The van der Waals surface area contributed by atoms with Gasteiger partial charge in [0.25, 0.3) is 0 Å². The van der Waals surface area contributed by atoms with E-state index in [1.54, 1.807) is 25.2 Å². The highest BCUT2D eigenvalue weighted by Crippen LogP contribution is 2.21. The molecule has 0 saturated carbocycles. The number of aryl methyl sites for hydroxylation is 1. The largest absolute Gasteiger partial charge is 0.350 e. The van der Waals surface area contributed by atoms with E-state index in [0.717, 1.165) is 4.88 Å². The summed E-state index contributed by atoms with van der Waals surface area (Å²) < 4.78 is 1.31. The van der Waals surface area contributed by atoms with Crippen LogP contribution in [0.2, 0.25) is 0 Å². The fourth-order valence-corrected chi connectivity index (χ4v) is 3.18. The number of carbonyl (C=O) groups is 2. The fourth-order valence-electron chi connectivity index (χ4n) is 2.54. The number of nitrogens with one attached hydrogen (secondary N) is 1. The fraction of sp³-hybridized carbons (Fsp3) is 0.438. The van der Waals surface area contributed by atoms with Crippen LogP contribution in [0.5, 0.6) is 0 Å². The Labute approximate surface area is 154 Å². The first-order valence-electron chi connectivity index (χ1n) is 8.08. The Morgan fingerprint density at radius 1 is 1.42 bits per heavy atom. The number of nitro groups is 1. The molecule has 0 bridgehead atoms. The van der Waals surface area contributed by atoms with E-state index < -0.39 is 4.92 Å². The van der Waals surface area contributed by atoms with Gasteiger partial charge in [-0.3, -0.25) is 24.4 Å². The summed E-state index contributed by atoms with van der Waals surface area (Å²) in [5, 5.41) is 19.8. The number of hydrogen-bond acceptors (Lipinski definition) is 6.